The van der Waals surface area contributed by atoms with Crippen molar-refractivity contribution in [2.24, 2.45) is 5.10 Å². The zero-order valence-corrected chi connectivity index (χ0v) is 11.1. The minimum Gasteiger partial charge on any atom is -0.496 e. The monoisotopic (exact) mass is 251 g/mol. The zero-order valence-electron chi connectivity index (χ0n) is 10.3. The molecule has 92 valence electrons. The molecule has 0 bridgehead atoms. The van der Waals surface area contributed by atoms with E-state index in [1.807, 2.05) is 31.2 Å². The molecule has 0 atom stereocenters. The summed E-state index contributed by atoms with van der Waals surface area (Å²) in [7, 11) is 3.42. The number of nitrogens with zero attached hydrogens (tertiary/aromatic N) is 1. The SMILES string of the molecule is CNC(=S)N/N=C(/C)Cc1ccccc1OC. The highest BCUT2D eigenvalue weighted by atomic mass is 32.1. The summed E-state index contributed by atoms with van der Waals surface area (Å²) in [5.74, 6) is 0.873. The van der Waals surface area contributed by atoms with Gasteiger partial charge in [0, 0.05) is 19.2 Å². The summed E-state index contributed by atoms with van der Waals surface area (Å²) in [6.45, 7) is 1.94. The molecule has 2 N–H and O–H groups in total. The predicted molar refractivity (Wildman–Crippen MR) is 74.6 cm³/mol. The van der Waals surface area contributed by atoms with Crippen LogP contribution < -0.4 is 15.5 Å². The highest BCUT2D eigenvalue weighted by molar-refractivity contribution is 7.80. The molecule has 0 radical (unpaired) electrons. The standard InChI is InChI=1S/C12H17N3OS/c1-9(14-15-12(17)13-2)8-10-6-4-5-7-11(10)16-3/h4-7H,8H2,1-3H3,(H2,13,15,17)/b14-9-. The van der Waals surface area contributed by atoms with Crippen LogP contribution in [-0.4, -0.2) is 25.0 Å². The Morgan fingerprint density at radius 1 is 1.41 bits per heavy atom. The summed E-state index contributed by atoms with van der Waals surface area (Å²) < 4.78 is 5.28. The average Bonchev–Trinajstić information content (AvgIpc) is 2.36. The van der Waals surface area contributed by atoms with Crippen molar-refractivity contribution in [1.82, 2.24) is 10.7 Å². The number of para-hydroxylation sites is 1. The van der Waals surface area contributed by atoms with E-state index in [0.29, 0.717) is 5.11 Å². The Kier molecular flexibility index (Phi) is 5.42. The zero-order chi connectivity index (χ0) is 12.7. The Labute approximate surface area is 107 Å². The number of hydrogen-bond acceptors (Lipinski definition) is 3. The van der Waals surface area contributed by atoms with Gasteiger partial charge in [-0.25, -0.2) is 0 Å². The number of nitrogens with one attached hydrogen (secondary N) is 2. The molecule has 0 heterocycles. The smallest absolute Gasteiger partial charge is 0.186 e. The fourth-order valence-electron chi connectivity index (χ4n) is 1.37. The summed E-state index contributed by atoms with van der Waals surface area (Å²) in [4.78, 5) is 0. The number of rotatable bonds is 4. The molecule has 0 spiro atoms. The summed E-state index contributed by atoms with van der Waals surface area (Å²) >= 11 is 4.93. The first-order valence-corrected chi connectivity index (χ1v) is 5.71. The van der Waals surface area contributed by atoms with Gasteiger partial charge in [0.15, 0.2) is 5.11 Å². The van der Waals surface area contributed by atoms with Crippen LogP contribution >= 0.6 is 12.2 Å². The van der Waals surface area contributed by atoms with Crippen LogP contribution in [-0.2, 0) is 6.42 Å². The second kappa shape index (κ2) is 6.85. The van der Waals surface area contributed by atoms with E-state index >= 15 is 0 Å². The largest absolute Gasteiger partial charge is 0.496 e. The van der Waals surface area contributed by atoms with Crippen LogP contribution in [0, 0.1) is 0 Å². The van der Waals surface area contributed by atoms with Gasteiger partial charge in [-0.3, -0.25) is 5.43 Å². The third-order valence-electron chi connectivity index (χ3n) is 2.21. The van der Waals surface area contributed by atoms with E-state index in [2.05, 4.69) is 15.8 Å². The van der Waals surface area contributed by atoms with Gasteiger partial charge in [0.2, 0.25) is 0 Å². The average molecular weight is 251 g/mol. The second-order valence-corrected chi connectivity index (χ2v) is 3.93. The molecule has 0 aliphatic carbocycles. The Morgan fingerprint density at radius 2 is 2.12 bits per heavy atom. The van der Waals surface area contributed by atoms with Crippen molar-refractivity contribution >= 4 is 23.0 Å². The van der Waals surface area contributed by atoms with E-state index in [1.54, 1.807) is 14.2 Å². The number of methoxy groups -OCH3 is 1. The van der Waals surface area contributed by atoms with Crippen molar-refractivity contribution < 1.29 is 4.74 Å². The first-order chi connectivity index (χ1) is 8.17. The van der Waals surface area contributed by atoms with Gasteiger partial charge in [-0.05, 0) is 30.8 Å². The van der Waals surface area contributed by atoms with E-state index < -0.39 is 0 Å². The number of thiocarbonyl (C=S) groups is 1. The highest BCUT2D eigenvalue weighted by Crippen LogP contribution is 2.17. The summed E-state index contributed by atoms with van der Waals surface area (Å²) in [5.41, 5.74) is 4.80. The van der Waals surface area contributed by atoms with Gasteiger partial charge in [-0.15, -0.1) is 0 Å². The molecule has 1 rings (SSSR count). The number of hydrazone groups is 1. The molecule has 1 aromatic rings. The fourth-order valence-corrected chi connectivity index (χ4v) is 1.41. The molecule has 0 aromatic heterocycles. The van der Waals surface area contributed by atoms with Gasteiger partial charge in [0.05, 0.1) is 7.11 Å². The van der Waals surface area contributed by atoms with E-state index in [9.17, 15) is 0 Å². The van der Waals surface area contributed by atoms with Gasteiger partial charge in [0.1, 0.15) is 5.75 Å². The molecule has 0 unspecified atom stereocenters. The molecule has 4 nitrogen and oxygen atoms in total. The third-order valence-corrected chi connectivity index (χ3v) is 2.51. The molecular formula is C12H17N3OS. The van der Waals surface area contributed by atoms with Gasteiger partial charge >= 0.3 is 0 Å². The van der Waals surface area contributed by atoms with Gasteiger partial charge in [-0.2, -0.15) is 5.10 Å². The topological polar surface area (TPSA) is 45.7 Å². The Bertz CT molecular complexity index is 418. The minimum absolute atomic E-state index is 0.504. The maximum absolute atomic E-state index is 5.28. The summed E-state index contributed by atoms with van der Waals surface area (Å²) in [6, 6.07) is 7.89. The maximum Gasteiger partial charge on any atom is 0.186 e. The van der Waals surface area contributed by atoms with Gasteiger partial charge in [0.25, 0.3) is 0 Å². The Hall–Kier alpha value is -1.62. The number of ether oxygens (including phenoxy) is 1. The van der Waals surface area contributed by atoms with Crippen molar-refractivity contribution in [2.45, 2.75) is 13.3 Å². The van der Waals surface area contributed by atoms with E-state index in [-0.39, 0.29) is 0 Å². The third kappa shape index (κ3) is 4.40. The molecule has 0 saturated heterocycles. The lowest BCUT2D eigenvalue weighted by atomic mass is 10.1. The van der Waals surface area contributed by atoms with Crippen molar-refractivity contribution in [3.63, 3.8) is 0 Å². The summed E-state index contributed by atoms with van der Waals surface area (Å²) in [5, 5.41) is 7.47. The van der Waals surface area contributed by atoms with Crippen molar-refractivity contribution in [1.29, 1.82) is 0 Å². The highest BCUT2D eigenvalue weighted by Gasteiger charge is 2.03. The molecule has 17 heavy (non-hydrogen) atoms. The lowest BCUT2D eigenvalue weighted by Gasteiger charge is -2.08. The molecule has 0 aliphatic heterocycles. The van der Waals surface area contributed by atoms with E-state index in [0.717, 1.165) is 23.4 Å². The second-order valence-electron chi connectivity index (χ2n) is 3.53. The molecule has 0 amide bonds. The predicted octanol–water partition coefficient (Wildman–Crippen LogP) is 1.71. The normalized spacial score (nSPS) is 10.9. The van der Waals surface area contributed by atoms with Gasteiger partial charge in [-0.1, -0.05) is 18.2 Å². The molecular weight excluding hydrogens is 234 g/mol. The number of benzene rings is 1. The van der Waals surface area contributed by atoms with Crippen LogP contribution in [0.5, 0.6) is 5.75 Å². The fraction of sp³-hybridized carbons (Fsp3) is 0.333. The van der Waals surface area contributed by atoms with Crippen LogP contribution in [0.15, 0.2) is 29.4 Å². The van der Waals surface area contributed by atoms with Crippen LogP contribution in [0.1, 0.15) is 12.5 Å². The lowest BCUT2D eigenvalue weighted by Crippen LogP contribution is -2.29. The maximum atomic E-state index is 5.28. The van der Waals surface area contributed by atoms with Gasteiger partial charge < -0.3 is 10.1 Å². The Morgan fingerprint density at radius 3 is 2.76 bits per heavy atom. The van der Waals surface area contributed by atoms with Crippen LogP contribution in [0.3, 0.4) is 0 Å². The van der Waals surface area contributed by atoms with Crippen LogP contribution in [0.2, 0.25) is 0 Å². The molecule has 0 fully saturated rings. The molecule has 1 aromatic carbocycles. The van der Waals surface area contributed by atoms with Crippen molar-refractivity contribution in [3.8, 4) is 5.75 Å². The quantitative estimate of drug-likeness (QED) is 0.486. The summed E-state index contributed by atoms with van der Waals surface area (Å²) in [6.07, 6.45) is 0.726. The molecule has 0 aliphatic rings. The lowest BCUT2D eigenvalue weighted by molar-refractivity contribution is 0.411. The number of hydrogen-bond donors (Lipinski definition) is 2. The van der Waals surface area contributed by atoms with Crippen molar-refractivity contribution in [2.75, 3.05) is 14.2 Å². The van der Waals surface area contributed by atoms with E-state index in [4.69, 9.17) is 17.0 Å². The van der Waals surface area contributed by atoms with Crippen LogP contribution in [0.4, 0.5) is 0 Å². The minimum atomic E-state index is 0.504. The van der Waals surface area contributed by atoms with E-state index in [1.165, 1.54) is 0 Å². The first-order valence-electron chi connectivity index (χ1n) is 5.30. The Balaban J connectivity index is 2.67. The molecule has 0 saturated carbocycles. The van der Waals surface area contributed by atoms with Crippen molar-refractivity contribution in [3.05, 3.63) is 29.8 Å². The molecule has 5 heteroatoms. The first kappa shape index (κ1) is 13.4. The van der Waals surface area contributed by atoms with Crippen LogP contribution in [0.25, 0.3) is 0 Å².